The Morgan fingerprint density at radius 2 is 1.42 bits per heavy atom. The molecule has 0 aliphatic rings. The first kappa shape index (κ1) is 21.9. The van der Waals surface area contributed by atoms with Gasteiger partial charge in [0.05, 0.1) is 0 Å². The third-order valence-corrected chi connectivity index (χ3v) is 4.42. The van der Waals surface area contributed by atoms with Crippen molar-refractivity contribution in [2.24, 2.45) is 0 Å². The van der Waals surface area contributed by atoms with Gasteiger partial charge >= 0.3 is 5.97 Å². The molecule has 0 saturated carbocycles. The summed E-state index contributed by atoms with van der Waals surface area (Å²) in [4.78, 5) is 24.9. The third kappa shape index (κ3) is 6.89. The van der Waals surface area contributed by atoms with Gasteiger partial charge in [-0.1, -0.05) is 60.7 Å². The van der Waals surface area contributed by atoms with Crippen molar-refractivity contribution in [1.82, 2.24) is 5.32 Å². The van der Waals surface area contributed by atoms with Gasteiger partial charge in [-0.25, -0.2) is 4.79 Å². The summed E-state index contributed by atoms with van der Waals surface area (Å²) in [6.45, 7) is 2.48. The van der Waals surface area contributed by atoms with E-state index in [9.17, 15) is 9.59 Å². The van der Waals surface area contributed by atoms with E-state index in [1.165, 1.54) is 6.92 Å². The predicted molar refractivity (Wildman–Crippen MR) is 117 cm³/mol. The highest BCUT2D eigenvalue weighted by Crippen LogP contribution is 2.20. The van der Waals surface area contributed by atoms with Crippen LogP contribution in [-0.2, 0) is 16.1 Å². The number of esters is 1. The molecule has 6 nitrogen and oxygen atoms in total. The van der Waals surface area contributed by atoms with Gasteiger partial charge in [0.15, 0.2) is 6.10 Å². The number of nitrogens with one attached hydrogen (secondary N) is 1. The molecule has 1 atom stereocenters. The molecule has 31 heavy (non-hydrogen) atoms. The number of para-hydroxylation sites is 2. The molecule has 0 bridgehead atoms. The minimum absolute atomic E-state index is 0.255. The largest absolute Gasteiger partial charge is 0.490 e. The fourth-order valence-electron chi connectivity index (χ4n) is 2.80. The van der Waals surface area contributed by atoms with Gasteiger partial charge in [0.1, 0.15) is 30.3 Å². The highest BCUT2D eigenvalue weighted by molar-refractivity contribution is 5.94. The smallest absolute Gasteiger partial charge is 0.342 e. The molecule has 1 N–H and O–H groups in total. The molecule has 0 heterocycles. The minimum atomic E-state index is -0.939. The van der Waals surface area contributed by atoms with Gasteiger partial charge in [0.25, 0.3) is 5.91 Å². The molecule has 0 saturated heterocycles. The van der Waals surface area contributed by atoms with Gasteiger partial charge in [0, 0.05) is 6.54 Å². The van der Waals surface area contributed by atoms with Crippen LogP contribution in [0.2, 0.25) is 0 Å². The molecule has 0 aliphatic carbocycles. The molecule has 160 valence electrons. The minimum Gasteiger partial charge on any atom is -0.490 e. The molecule has 3 aromatic rings. The van der Waals surface area contributed by atoms with Gasteiger partial charge in [-0.2, -0.15) is 0 Å². The Bertz CT molecular complexity index is 975. The number of rotatable bonds is 10. The highest BCUT2D eigenvalue weighted by Gasteiger charge is 2.21. The molecular formula is C25H25NO5. The Balaban J connectivity index is 1.49. The van der Waals surface area contributed by atoms with Crippen LogP contribution in [0.4, 0.5) is 0 Å². The van der Waals surface area contributed by atoms with Gasteiger partial charge in [-0.05, 0) is 36.8 Å². The zero-order valence-electron chi connectivity index (χ0n) is 17.3. The molecule has 0 fully saturated rings. The highest BCUT2D eigenvalue weighted by atomic mass is 16.6. The molecule has 1 amide bonds. The lowest BCUT2D eigenvalue weighted by Gasteiger charge is -2.15. The van der Waals surface area contributed by atoms with Crippen molar-refractivity contribution in [3.05, 3.63) is 96.1 Å². The van der Waals surface area contributed by atoms with Crippen molar-refractivity contribution in [3.63, 3.8) is 0 Å². The Morgan fingerprint density at radius 1 is 0.806 bits per heavy atom. The number of amides is 1. The molecule has 0 radical (unpaired) electrons. The van der Waals surface area contributed by atoms with E-state index in [0.717, 1.165) is 11.3 Å². The van der Waals surface area contributed by atoms with Gasteiger partial charge in [-0.15, -0.1) is 0 Å². The normalized spacial score (nSPS) is 11.3. The number of carbonyl (C=O) groups is 2. The molecule has 3 rings (SSSR count). The molecule has 3 aromatic carbocycles. The van der Waals surface area contributed by atoms with E-state index in [4.69, 9.17) is 14.2 Å². The Hall–Kier alpha value is -3.80. The van der Waals surface area contributed by atoms with Crippen LogP contribution in [0.5, 0.6) is 11.5 Å². The van der Waals surface area contributed by atoms with Crippen molar-refractivity contribution in [1.29, 1.82) is 0 Å². The number of benzene rings is 3. The molecule has 0 spiro atoms. The Labute approximate surface area is 181 Å². The van der Waals surface area contributed by atoms with Gasteiger partial charge < -0.3 is 19.5 Å². The zero-order chi connectivity index (χ0) is 21.9. The first-order valence-corrected chi connectivity index (χ1v) is 10.1. The lowest BCUT2D eigenvalue weighted by molar-refractivity contribution is -0.129. The molecule has 6 heteroatoms. The first-order valence-electron chi connectivity index (χ1n) is 10.1. The maximum absolute atomic E-state index is 12.6. The van der Waals surface area contributed by atoms with E-state index < -0.39 is 12.1 Å². The van der Waals surface area contributed by atoms with E-state index in [1.807, 2.05) is 60.7 Å². The fourth-order valence-corrected chi connectivity index (χ4v) is 2.80. The summed E-state index contributed by atoms with van der Waals surface area (Å²) in [7, 11) is 0. The summed E-state index contributed by atoms with van der Waals surface area (Å²) < 4.78 is 16.6. The third-order valence-electron chi connectivity index (χ3n) is 4.42. The summed E-state index contributed by atoms with van der Waals surface area (Å²) in [5, 5.41) is 2.76. The van der Waals surface area contributed by atoms with Crippen LogP contribution in [0.15, 0.2) is 84.9 Å². The summed E-state index contributed by atoms with van der Waals surface area (Å²) in [5.41, 5.74) is 1.22. The summed E-state index contributed by atoms with van der Waals surface area (Å²) in [5.74, 6) is 0.129. The number of hydrogen-bond acceptors (Lipinski definition) is 5. The average molecular weight is 419 g/mol. The molecular weight excluding hydrogens is 394 g/mol. The maximum atomic E-state index is 12.6. The first-order chi connectivity index (χ1) is 15.1. The van der Waals surface area contributed by atoms with Crippen molar-refractivity contribution in [2.75, 3.05) is 13.2 Å². The van der Waals surface area contributed by atoms with Crippen LogP contribution in [-0.4, -0.2) is 31.2 Å². The fraction of sp³-hybridized carbons (Fsp3) is 0.200. The number of hydrogen-bond donors (Lipinski definition) is 1. The van der Waals surface area contributed by atoms with Crippen LogP contribution in [0.25, 0.3) is 0 Å². The zero-order valence-corrected chi connectivity index (χ0v) is 17.3. The summed E-state index contributed by atoms with van der Waals surface area (Å²) >= 11 is 0. The second-order valence-electron chi connectivity index (χ2n) is 6.76. The topological polar surface area (TPSA) is 73.9 Å². The van der Waals surface area contributed by atoms with Crippen molar-refractivity contribution in [3.8, 4) is 11.5 Å². The molecule has 0 aromatic heterocycles. The van der Waals surface area contributed by atoms with Crippen molar-refractivity contribution >= 4 is 11.9 Å². The lowest BCUT2D eigenvalue weighted by atomic mass is 10.2. The van der Waals surface area contributed by atoms with Crippen LogP contribution in [0.3, 0.4) is 0 Å². The second-order valence-corrected chi connectivity index (χ2v) is 6.76. The SMILES string of the molecule is C[C@H](OC(=O)c1ccccc1OCCOc1ccccc1)C(=O)NCc1ccccc1. The number of ether oxygens (including phenoxy) is 3. The quantitative estimate of drug-likeness (QED) is 0.397. The predicted octanol–water partition coefficient (Wildman–Crippen LogP) is 4.01. The van der Waals surface area contributed by atoms with Crippen molar-refractivity contribution in [2.45, 2.75) is 19.6 Å². The van der Waals surface area contributed by atoms with E-state index in [0.29, 0.717) is 18.9 Å². The lowest BCUT2D eigenvalue weighted by Crippen LogP contribution is -2.35. The van der Waals surface area contributed by atoms with Crippen LogP contribution in [0.1, 0.15) is 22.8 Å². The van der Waals surface area contributed by atoms with Crippen LogP contribution >= 0.6 is 0 Å². The second kappa shape index (κ2) is 11.4. The Morgan fingerprint density at radius 3 is 2.16 bits per heavy atom. The van der Waals surface area contributed by atoms with Gasteiger partial charge in [0.2, 0.25) is 0 Å². The summed E-state index contributed by atoms with van der Waals surface area (Å²) in [6, 6.07) is 25.7. The van der Waals surface area contributed by atoms with E-state index in [-0.39, 0.29) is 18.1 Å². The van der Waals surface area contributed by atoms with Gasteiger partial charge in [-0.3, -0.25) is 4.79 Å². The molecule has 0 unspecified atom stereocenters. The summed E-state index contributed by atoms with van der Waals surface area (Å²) in [6.07, 6.45) is -0.939. The van der Waals surface area contributed by atoms with Crippen molar-refractivity contribution < 1.29 is 23.8 Å². The maximum Gasteiger partial charge on any atom is 0.342 e. The van der Waals surface area contributed by atoms with E-state index in [2.05, 4.69) is 5.32 Å². The monoisotopic (exact) mass is 419 g/mol. The standard InChI is InChI=1S/C25H25NO5/c1-19(24(27)26-18-20-10-4-2-5-11-20)31-25(28)22-14-8-9-15-23(22)30-17-16-29-21-12-6-3-7-13-21/h2-15,19H,16-18H2,1H3,(H,26,27)/t19-/m0/s1. The van der Waals surface area contributed by atoms with E-state index in [1.54, 1.807) is 24.3 Å². The van der Waals surface area contributed by atoms with Crippen LogP contribution < -0.4 is 14.8 Å². The average Bonchev–Trinajstić information content (AvgIpc) is 2.81. The van der Waals surface area contributed by atoms with E-state index >= 15 is 0 Å². The Kier molecular flexibility index (Phi) is 8.05. The van der Waals surface area contributed by atoms with Crippen LogP contribution in [0, 0.1) is 0 Å². The molecule has 0 aliphatic heterocycles. The number of carbonyl (C=O) groups excluding carboxylic acids is 2.